The number of methoxy groups -OCH3 is 1. The number of rotatable bonds is 7. The Bertz CT molecular complexity index is 1390. The van der Waals surface area contributed by atoms with Gasteiger partial charge in [-0.15, -0.1) is 0 Å². The van der Waals surface area contributed by atoms with Gasteiger partial charge in [0.05, 0.1) is 29.0 Å². The average Bonchev–Trinajstić information content (AvgIpc) is 2.83. The zero-order valence-electron chi connectivity index (χ0n) is 17.1. The van der Waals surface area contributed by atoms with Gasteiger partial charge >= 0.3 is 0 Å². The van der Waals surface area contributed by atoms with Gasteiger partial charge < -0.3 is 4.74 Å². The number of nitrogens with zero attached hydrogens (tertiary/aromatic N) is 2. The van der Waals surface area contributed by atoms with Crippen LogP contribution in [0.2, 0.25) is 0 Å². The molecule has 0 N–H and O–H groups in total. The molecule has 0 saturated heterocycles. The summed E-state index contributed by atoms with van der Waals surface area (Å²) < 4.78 is 60.3. The van der Waals surface area contributed by atoms with Gasteiger partial charge in [0, 0.05) is 17.1 Å². The Morgan fingerprint density at radius 2 is 1.31 bits per heavy atom. The lowest BCUT2D eigenvalue weighted by Gasteiger charge is -2.23. The van der Waals surface area contributed by atoms with Crippen molar-refractivity contribution in [3.8, 4) is 5.75 Å². The normalized spacial score (nSPS) is 12.2. The Morgan fingerprint density at radius 1 is 0.750 bits per heavy atom. The molecule has 7 nitrogen and oxygen atoms in total. The minimum Gasteiger partial charge on any atom is -0.496 e. The molecule has 0 aliphatic carbocycles. The van der Waals surface area contributed by atoms with E-state index >= 15 is 0 Å². The fraction of sp³-hybridized carbons (Fsp3) is 0.0870. The molecule has 0 saturated carbocycles. The molecule has 1 aromatic heterocycles. The lowest BCUT2D eigenvalue weighted by atomic mass is 10.1. The van der Waals surface area contributed by atoms with Gasteiger partial charge in [-0.2, -0.15) is 0 Å². The summed E-state index contributed by atoms with van der Waals surface area (Å²) in [4.78, 5) is 4.09. The molecule has 0 aliphatic heterocycles. The zero-order chi connectivity index (χ0) is 22.8. The van der Waals surface area contributed by atoms with Gasteiger partial charge in [0.25, 0.3) is 20.0 Å². The highest BCUT2D eigenvalue weighted by Crippen LogP contribution is 2.32. The summed E-state index contributed by atoms with van der Waals surface area (Å²) >= 11 is 0. The maximum atomic E-state index is 13.6. The smallest absolute Gasteiger partial charge is 0.256 e. The van der Waals surface area contributed by atoms with Crippen LogP contribution in [-0.4, -0.2) is 32.6 Å². The summed E-state index contributed by atoms with van der Waals surface area (Å²) in [5.74, 6) is 0.340. The molecule has 164 valence electrons. The molecule has 3 aromatic carbocycles. The summed E-state index contributed by atoms with van der Waals surface area (Å²) in [5, 5.41) is 0.734. The Morgan fingerprint density at radius 3 is 1.84 bits per heavy atom. The fourth-order valence-electron chi connectivity index (χ4n) is 3.38. The van der Waals surface area contributed by atoms with Crippen LogP contribution in [0.5, 0.6) is 5.75 Å². The van der Waals surface area contributed by atoms with E-state index in [0.29, 0.717) is 20.5 Å². The molecular weight excluding hydrogens is 448 g/mol. The van der Waals surface area contributed by atoms with Crippen LogP contribution >= 0.6 is 0 Å². The second kappa shape index (κ2) is 8.70. The van der Waals surface area contributed by atoms with Crippen molar-refractivity contribution >= 4 is 30.9 Å². The maximum absolute atomic E-state index is 13.6. The largest absolute Gasteiger partial charge is 0.496 e. The van der Waals surface area contributed by atoms with Crippen LogP contribution in [-0.2, 0) is 26.6 Å². The molecule has 9 heteroatoms. The van der Waals surface area contributed by atoms with Gasteiger partial charge in [0.2, 0.25) is 0 Å². The Labute approximate surface area is 187 Å². The van der Waals surface area contributed by atoms with Gasteiger partial charge in [0.15, 0.2) is 0 Å². The van der Waals surface area contributed by atoms with Crippen LogP contribution < -0.4 is 4.74 Å². The van der Waals surface area contributed by atoms with E-state index in [1.807, 2.05) is 6.07 Å². The number of fused-ring (bicyclic) bond motifs is 1. The molecular formula is C23H20N2O5S2. The van der Waals surface area contributed by atoms with Crippen LogP contribution in [0.25, 0.3) is 10.9 Å². The number of pyridine rings is 1. The minimum absolute atomic E-state index is 0.133. The SMILES string of the molecule is COc1ccc2cccnc2c1CN(S(=O)(=O)c1ccccc1)S(=O)(=O)c1ccccc1. The highest BCUT2D eigenvalue weighted by molar-refractivity contribution is 8.04. The standard InChI is InChI=1S/C23H20N2O5S2/c1-30-22-15-14-18-9-8-16-24-23(18)21(22)17-25(31(26,27)19-10-4-2-5-11-19)32(28,29)20-12-6-3-7-13-20/h2-16H,17H2,1H3. The number of sulfonamides is 2. The first-order valence-corrected chi connectivity index (χ1v) is 12.5. The van der Waals surface area contributed by atoms with E-state index in [1.54, 1.807) is 60.8 Å². The lowest BCUT2D eigenvalue weighted by molar-refractivity contribution is 0.405. The number of aromatic nitrogens is 1. The van der Waals surface area contributed by atoms with E-state index in [0.717, 1.165) is 5.39 Å². The van der Waals surface area contributed by atoms with Crippen molar-refractivity contribution in [2.45, 2.75) is 16.3 Å². The zero-order valence-corrected chi connectivity index (χ0v) is 18.8. The molecule has 4 aromatic rings. The number of hydrogen-bond donors (Lipinski definition) is 0. The molecule has 0 spiro atoms. The third-order valence-corrected chi connectivity index (χ3v) is 9.21. The predicted molar refractivity (Wildman–Crippen MR) is 121 cm³/mol. The fourth-order valence-corrected chi connectivity index (χ4v) is 7.00. The van der Waals surface area contributed by atoms with E-state index in [4.69, 9.17) is 4.74 Å². The molecule has 32 heavy (non-hydrogen) atoms. The summed E-state index contributed by atoms with van der Waals surface area (Å²) in [5.41, 5.74) is 0.813. The first kappa shape index (κ1) is 21.9. The quantitative estimate of drug-likeness (QED) is 0.409. The Kier molecular flexibility index (Phi) is 5.96. The van der Waals surface area contributed by atoms with Crippen molar-refractivity contribution in [3.05, 3.63) is 96.7 Å². The van der Waals surface area contributed by atoms with Crippen molar-refractivity contribution in [1.29, 1.82) is 0 Å². The number of hydrogen-bond acceptors (Lipinski definition) is 6. The van der Waals surface area contributed by atoms with Crippen molar-refractivity contribution in [1.82, 2.24) is 8.69 Å². The Balaban J connectivity index is 1.96. The predicted octanol–water partition coefficient (Wildman–Crippen LogP) is 3.82. The molecule has 0 atom stereocenters. The highest BCUT2D eigenvalue weighted by Gasteiger charge is 2.37. The van der Waals surface area contributed by atoms with Crippen molar-refractivity contribution in [3.63, 3.8) is 0 Å². The summed E-state index contributed by atoms with van der Waals surface area (Å²) in [6, 6.07) is 21.9. The minimum atomic E-state index is -4.44. The molecule has 0 bridgehead atoms. The van der Waals surface area contributed by atoms with E-state index in [1.165, 1.54) is 31.4 Å². The van der Waals surface area contributed by atoms with Crippen LogP contribution in [0.15, 0.2) is 101 Å². The molecule has 0 amide bonds. The van der Waals surface area contributed by atoms with Crippen LogP contribution in [0.3, 0.4) is 0 Å². The van der Waals surface area contributed by atoms with Crippen molar-refractivity contribution in [2.24, 2.45) is 0 Å². The van der Waals surface area contributed by atoms with E-state index < -0.39 is 26.6 Å². The van der Waals surface area contributed by atoms with E-state index in [9.17, 15) is 16.8 Å². The van der Waals surface area contributed by atoms with Crippen LogP contribution in [0.1, 0.15) is 5.56 Å². The summed E-state index contributed by atoms with van der Waals surface area (Å²) in [7, 11) is -7.43. The summed E-state index contributed by atoms with van der Waals surface area (Å²) in [6.45, 7) is -0.480. The second-order valence-corrected chi connectivity index (χ2v) is 10.8. The Hall–Kier alpha value is -3.27. The van der Waals surface area contributed by atoms with Crippen molar-refractivity contribution < 1.29 is 21.6 Å². The molecule has 0 unspecified atom stereocenters. The van der Waals surface area contributed by atoms with Gasteiger partial charge in [-0.05, 0) is 42.5 Å². The number of ether oxygens (including phenoxy) is 1. The van der Waals surface area contributed by atoms with Gasteiger partial charge in [-0.1, -0.05) is 46.2 Å². The molecule has 0 radical (unpaired) electrons. The van der Waals surface area contributed by atoms with Gasteiger partial charge in [-0.3, -0.25) is 4.98 Å². The van der Waals surface area contributed by atoms with E-state index in [2.05, 4.69) is 4.98 Å². The highest BCUT2D eigenvalue weighted by atomic mass is 32.3. The molecule has 4 rings (SSSR count). The molecule has 0 aliphatic rings. The second-order valence-electron chi connectivity index (χ2n) is 6.89. The van der Waals surface area contributed by atoms with Gasteiger partial charge in [-0.25, -0.2) is 16.8 Å². The third kappa shape index (κ3) is 3.97. The monoisotopic (exact) mass is 468 g/mol. The maximum Gasteiger partial charge on any atom is 0.256 e. The third-order valence-electron chi connectivity index (χ3n) is 4.96. The molecule has 1 heterocycles. The average molecular weight is 469 g/mol. The topological polar surface area (TPSA) is 93.6 Å². The van der Waals surface area contributed by atoms with Crippen molar-refractivity contribution in [2.75, 3.05) is 7.11 Å². The van der Waals surface area contributed by atoms with Crippen LogP contribution in [0, 0.1) is 0 Å². The number of benzene rings is 3. The van der Waals surface area contributed by atoms with Gasteiger partial charge in [0.1, 0.15) is 5.75 Å². The van der Waals surface area contributed by atoms with Crippen LogP contribution in [0.4, 0.5) is 0 Å². The first-order valence-electron chi connectivity index (χ1n) is 9.64. The van der Waals surface area contributed by atoms with E-state index in [-0.39, 0.29) is 9.79 Å². The first-order chi connectivity index (χ1) is 15.4. The molecule has 0 fully saturated rings. The summed E-state index contributed by atoms with van der Waals surface area (Å²) in [6.07, 6.45) is 1.56. The lowest BCUT2D eigenvalue weighted by Crippen LogP contribution is -2.36.